The van der Waals surface area contributed by atoms with Crippen LogP contribution in [-0.4, -0.2) is 40.3 Å². The van der Waals surface area contributed by atoms with Crippen LogP contribution in [0.2, 0.25) is 0 Å². The van der Waals surface area contributed by atoms with Crippen LogP contribution in [0.5, 0.6) is 17.2 Å². The lowest BCUT2D eigenvalue weighted by Crippen LogP contribution is -2.26. The molecule has 1 N–H and O–H groups in total. The van der Waals surface area contributed by atoms with E-state index in [-0.39, 0.29) is 11.3 Å². The molecule has 1 aliphatic carbocycles. The highest BCUT2D eigenvalue weighted by atomic mass is 32.1. The van der Waals surface area contributed by atoms with Crippen LogP contribution in [0, 0.1) is 11.3 Å². The molecule has 0 bridgehead atoms. The molecule has 32 heavy (non-hydrogen) atoms. The van der Waals surface area contributed by atoms with Crippen molar-refractivity contribution in [1.82, 2.24) is 0 Å². The summed E-state index contributed by atoms with van der Waals surface area (Å²) in [6.07, 6.45) is 2.67. The van der Waals surface area contributed by atoms with Crippen molar-refractivity contribution >= 4 is 28.2 Å². The molecule has 0 saturated heterocycles. The first kappa shape index (κ1) is 23.9. The molecule has 1 aliphatic rings. The minimum Gasteiger partial charge on any atom is -0.493 e. The van der Waals surface area contributed by atoms with Crippen LogP contribution >= 0.6 is 11.3 Å². The maximum atomic E-state index is 13.1. The van der Waals surface area contributed by atoms with Gasteiger partial charge in [-0.05, 0) is 48.3 Å². The van der Waals surface area contributed by atoms with E-state index in [0.717, 1.165) is 29.7 Å². The fraction of sp³-hybridized carbons (Fsp3) is 0.500. The summed E-state index contributed by atoms with van der Waals surface area (Å²) in [6.45, 7) is 6.72. The molecule has 2 aromatic rings. The van der Waals surface area contributed by atoms with Gasteiger partial charge in [-0.25, -0.2) is 4.79 Å². The zero-order chi connectivity index (χ0) is 23.6. The number of hydrogen-bond donors (Lipinski definition) is 1. The van der Waals surface area contributed by atoms with Gasteiger partial charge in [-0.15, -0.1) is 11.3 Å². The van der Waals surface area contributed by atoms with E-state index in [0.29, 0.717) is 39.3 Å². The Morgan fingerprint density at radius 1 is 1.03 bits per heavy atom. The molecule has 0 aliphatic heterocycles. The van der Waals surface area contributed by atoms with Gasteiger partial charge in [0, 0.05) is 10.4 Å². The van der Waals surface area contributed by atoms with Gasteiger partial charge in [0.1, 0.15) is 5.00 Å². The second kappa shape index (κ2) is 9.40. The van der Waals surface area contributed by atoms with E-state index in [9.17, 15) is 9.59 Å². The monoisotopic (exact) mass is 461 g/mol. The molecule has 1 atom stereocenters. The molecule has 1 aromatic heterocycles. The van der Waals surface area contributed by atoms with Gasteiger partial charge in [-0.2, -0.15) is 0 Å². The molecule has 8 heteroatoms. The van der Waals surface area contributed by atoms with Gasteiger partial charge in [-0.3, -0.25) is 4.79 Å². The molecule has 174 valence electrons. The van der Waals surface area contributed by atoms with Crippen LogP contribution in [0.4, 0.5) is 5.00 Å². The number of esters is 1. The Kier molecular flexibility index (Phi) is 7.03. The highest BCUT2D eigenvalue weighted by Gasteiger charge is 2.34. The number of nitrogens with one attached hydrogen (secondary N) is 1. The van der Waals surface area contributed by atoms with E-state index < -0.39 is 5.97 Å². The topological polar surface area (TPSA) is 83.1 Å². The van der Waals surface area contributed by atoms with Crippen LogP contribution in [0.15, 0.2) is 12.1 Å². The van der Waals surface area contributed by atoms with E-state index in [1.807, 2.05) is 0 Å². The summed E-state index contributed by atoms with van der Waals surface area (Å²) >= 11 is 1.46. The lowest BCUT2D eigenvalue weighted by molar-refractivity contribution is 0.0600. The Labute approximate surface area is 193 Å². The van der Waals surface area contributed by atoms with Crippen molar-refractivity contribution in [1.29, 1.82) is 0 Å². The quantitative estimate of drug-likeness (QED) is 0.612. The standard InChI is InChI=1S/C24H31NO6S/c1-24(2,3)14-8-9-15-18(12-14)32-22(19(15)23(27)31-7)25-21(26)13-10-16(28-4)20(30-6)17(11-13)29-5/h10-11,14H,8-9,12H2,1-7H3,(H,25,26)/t14-/m1/s1. The first-order chi connectivity index (χ1) is 15.1. The van der Waals surface area contributed by atoms with Gasteiger partial charge >= 0.3 is 5.97 Å². The minimum atomic E-state index is -0.433. The molecular formula is C24H31NO6S. The molecule has 0 fully saturated rings. The van der Waals surface area contributed by atoms with Crippen LogP contribution in [0.3, 0.4) is 0 Å². The smallest absolute Gasteiger partial charge is 0.341 e. The van der Waals surface area contributed by atoms with E-state index in [2.05, 4.69) is 26.1 Å². The Bertz CT molecular complexity index is 995. The summed E-state index contributed by atoms with van der Waals surface area (Å²) < 4.78 is 21.1. The fourth-order valence-electron chi connectivity index (χ4n) is 4.12. The van der Waals surface area contributed by atoms with Crippen LogP contribution in [0.25, 0.3) is 0 Å². The number of amides is 1. The first-order valence-electron chi connectivity index (χ1n) is 10.5. The molecule has 7 nitrogen and oxygen atoms in total. The summed E-state index contributed by atoms with van der Waals surface area (Å²) in [5, 5.41) is 3.43. The highest BCUT2D eigenvalue weighted by molar-refractivity contribution is 7.17. The number of methoxy groups -OCH3 is 4. The summed E-state index contributed by atoms with van der Waals surface area (Å²) in [6, 6.07) is 3.16. The second-order valence-corrected chi connectivity index (χ2v) is 9.98. The number of thiophene rings is 1. The van der Waals surface area contributed by atoms with Crippen molar-refractivity contribution in [2.75, 3.05) is 33.8 Å². The molecule has 3 rings (SSSR count). The van der Waals surface area contributed by atoms with E-state index in [4.69, 9.17) is 18.9 Å². The van der Waals surface area contributed by atoms with Crippen molar-refractivity contribution in [3.63, 3.8) is 0 Å². The predicted molar refractivity (Wildman–Crippen MR) is 125 cm³/mol. The van der Waals surface area contributed by atoms with Crippen molar-refractivity contribution < 1.29 is 28.5 Å². The summed E-state index contributed by atoms with van der Waals surface area (Å²) in [5.74, 6) is 0.865. The molecule has 0 radical (unpaired) electrons. The Balaban J connectivity index is 1.98. The van der Waals surface area contributed by atoms with Crippen LogP contribution in [0.1, 0.15) is 58.3 Å². The van der Waals surface area contributed by atoms with Gasteiger partial charge in [0.25, 0.3) is 5.91 Å². The maximum Gasteiger partial charge on any atom is 0.341 e. The third-order valence-corrected chi connectivity index (χ3v) is 7.20. The van der Waals surface area contributed by atoms with Gasteiger partial charge < -0.3 is 24.3 Å². The zero-order valence-corrected chi connectivity index (χ0v) is 20.5. The third kappa shape index (κ3) is 4.55. The minimum absolute atomic E-state index is 0.173. The number of fused-ring (bicyclic) bond motifs is 1. The van der Waals surface area contributed by atoms with E-state index in [1.54, 1.807) is 12.1 Å². The molecule has 1 heterocycles. The van der Waals surface area contributed by atoms with Crippen LogP contribution < -0.4 is 19.5 Å². The number of rotatable bonds is 6. The molecule has 0 saturated carbocycles. The normalized spacial score (nSPS) is 15.5. The van der Waals surface area contributed by atoms with Gasteiger partial charge in [0.2, 0.25) is 5.75 Å². The second-order valence-electron chi connectivity index (χ2n) is 8.87. The summed E-state index contributed by atoms with van der Waals surface area (Å²) in [5.41, 5.74) is 1.95. The Morgan fingerprint density at radius 3 is 2.16 bits per heavy atom. The fourth-order valence-corrected chi connectivity index (χ4v) is 5.43. The number of ether oxygens (including phenoxy) is 4. The van der Waals surface area contributed by atoms with Crippen molar-refractivity contribution in [3.05, 3.63) is 33.7 Å². The average molecular weight is 462 g/mol. The molecule has 0 unspecified atom stereocenters. The molecule has 0 spiro atoms. The molecule has 1 amide bonds. The average Bonchev–Trinajstić information content (AvgIpc) is 3.13. The van der Waals surface area contributed by atoms with Crippen molar-refractivity contribution in [2.24, 2.45) is 11.3 Å². The Morgan fingerprint density at radius 2 is 1.66 bits per heavy atom. The highest BCUT2D eigenvalue weighted by Crippen LogP contribution is 2.45. The largest absolute Gasteiger partial charge is 0.493 e. The van der Waals surface area contributed by atoms with Crippen molar-refractivity contribution in [2.45, 2.75) is 40.0 Å². The maximum absolute atomic E-state index is 13.1. The van der Waals surface area contributed by atoms with Crippen LogP contribution in [-0.2, 0) is 17.6 Å². The zero-order valence-electron chi connectivity index (χ0n) is 19.7. The molecule has 1 aromatic carbocycles. The van der Waals surface area contributed by atoms with E-state index >= 15 is 0 Å². The lowest BCUT2D eigenvalue weighted by Gasteiger charge is -2.33. The molecular weight excluding hydrogens is 430 g/mol. The van der Waals surface area contributed by atoms with Gasteiger partial charge in [-0.1, -0.05) is 20.8 Å². The number of benzene rings is 1. The number of hydrogen-bond acceptors (Lipinski definition) is 7. The van der Waals surface area contributed by atoms with Gasteiger partial charge in [0.05, 0.1) is 34.0 Å². The van der Waals surface area contributed by atoms with Gasteiger partial charge in [0.15, 0.2) is 11.5 Å². The van der Waals surface area contributed by atoms with E-state index in [1.165, 1.54) is 39.8 Å². The van der Waals surface area contributed by atoms with Crippen molar-refractivity contribution in [3.8, 4) is 17.2 Å². The predicted octanol–water partition coefficient (Wildman–Crippen LogP) is 4.96. The third-order valence-electron chi connectivity index (χ3n) is 6.03. The first-order valence-corrected chi connectivity index (χ1v) is 11.3. The Hall–Kier alpha value is -2.74. The number of carbonyl (C=O) groups is 2. The summed E-state index contributed by atoms with van der Waals surface area (Å²) in [7, 11) is 5.85. The summed E-state index contributed by atoms with van der Waals surface area (Å²) in [4.78, 5) is 26.9. The SMILES string of the molecule is COC(=O)c1c(NC(=O)c2cc(OC)c(OC)c(OC)c2)sc2c1CC[C@@H](C(C)(C)C)C2. The number of carbonyl (C=O) groups excluding carboxylic acids is 2. The lowest BCUT2D eigenvalue weighted by atomic mass is 9.72. The number of anilines is 1.